The molecular weight excluding hydrogens is 293 g/mol. The number of hydrazine groups is 1. The normalized spacial score (nSPS) is 12.6. The molecule has 2 aromatic rings. The highest BCUT2D eigenvalue weighted by Gasteiger charge is 2.20. The van der Waals surface area contributed by atoms with Gasteiger partial charge in [-0.3, -0.25) is 20.9 Å². The van der Waals surface area contributed by atoms with Crippen molar-refractivity contribution in [1.82, 2.24) is 20.2 Å². The van der Waals surface area contributed by atoms with Crippen molar-refractivity contribution in [1.29, 1.82) is 0 Å². The van der Waals surface area contributed by atoms with Gasteiger partial charge in [-0.2, -0.15) is 5.10 Å². The van der Waals surface area contributed by atoms with E-state index < -0.39 is 5.82 Å². The predicted molar refractivity (Wildman–Crippen MR) is 80.3 cm³/mol. The molecule has 2 heterocycles. The van der Waals surface area contributed by atoms with E-state index in [1.165, 1.54) is 6.07 Å². The van der Waals surface area contributed by atoms with E-state index in [9.17, 15) is 4.39 Å². The van der Waals surface area contributed by atoms with E-state index in [1.54, 1.807) is 6.20 Å². The monoisotopic (exact) mass is 311 g/mol. The minimum atomic E-state index is -0.392. The van der Waals surface area contributed by atoms with E-state index in [1.807, 2.05) is 18.5 Å². The molecule has 1 unspecified atom stereocenters. The van der Waals surface area contributed by atoms with Crippen LogP contribution in [0.25, 0.3) is 0 Å². The molecule has 21 heavy (non-hydrogen) atoms. The minimum absolute atomic E-state index is 0.280. The molecule has 0 aliphatic heterocycles. The third-order valence-corrected chi connectivity index (χ3v) is 3.86. The summed E-state index contributed by atoms with van der Waals surface area (Å²) in [7, 11) is 0. The summed E-state index contributed by atoms with van der Waals surface area (Å²) in [4.78, 5) is 3.86. The van der Waals surface area contributed by atoms with Crippen LogP contribution >= 0.6 is 11.6 Å². The molecule has 1 atom stereocenters. The van der Waals surface area contributed by atoms with Crippen LogP contribution in [0.2, 0.25) is 5.02 Å². The van der Waals surface area contributed by atoms with E-state index >= 15 is 0 Å². The average molecular weight is 312 g/mol. The largest absolute Gasteiger partial charge is 0.271 e. The zero-order valence-corrected chi connectivity index (χ0v) is 12.9. The maximum Gasteiger partial charge on any atom is 0.141 e. The third-order valence-electron chi connectivity index (χ3n) is 3.42. The lowest BCUT2D eigenvalue weighted by atomic mass is 10.0. The van der Waals surface area contributed by atoms with E-state index in [2.05, 4.69) is 15.5 Å². The van der Waals surface area contributed by atoms with Gasteiger partial charge in [0.2, 0.25) is 0 Å². The summed E-state index contributed by atoms with van der Waals surface area (Å²) in [5, 5.41) is 5.13. The van der Waals surface area contributed by atoms with Gasteiger partial charge >= 0.3 is 0 Å². The van der Waals surface area contributed by atoms with Crippen LogP contribution in [0.3, 0.4) is 0 Å². The minimum Gasteiger partial charge on any atom is -0.271 e. The van der Waals surface area contributed by atoms with Crippen molar-refractivity contribution in [3.05, 3.63) is 46.3 Å². The molecule has 3 N–H and O–H groups in total. The Hall–Kier alpha value is -1.50. The van der Waals surface area contributed by atoms with Crippen LogP contribution in [0.15, 0.2) is 18.5 Å². The number of rotatable bonds is 6. The summed E-state index contributed by atoms with van der Waals surface area (Å²) in [6.07, 6.45) is 4.03. The first kappa shape index (κ1) is 15.9. The van der Waals surface area contributed by atoms with Gasteiger partial charge in [0.05, 0.1) is 28.6 Å². The van der Waals surface area contributed by atoms with Gasteiger partial charge < -0.3 is 0 Å². The van der Waals surface area contributed by atoms with E-state index in [-0.39, 0.29) is 6.04 Å². The highest BCUT2D eigenvalue weighted by Crippen LogP contribution is 2.26. The Kier molecular flexibility index (Phi) is 5.27. The second kappa shape index (κ2) is 6.98. The van der Waals surface area contributed by atoms with Crippen molar-refractivity contribution in [2.75, 3.05) is 0 Å². The number of aromatic nitrogens is 3. The highest BCUT2D eigenvalue weighted by atomic mass is 35.5. The molecule has 0 amide bonds. The molecule has 0 aliphatic rings. The zero-order chi connectivity index (χ0) is 15.4. The summed E-state index contributed by atoms with van der Waals surface area (Å²) < 4.78 is 15.2. The molecule has 0 bridgehead atoms. The van der Waals surface area contributed by atoms with Gasteiger partial charge in [0.15, 0.2) is 0 Å². The van der Waals surface area contributed by atoms with Gasteiger partial charge in [-0.25, -0.2) is 4.39 Å². The Morgan fingerprint density at radius 1 is 1.43 bits per heavy atom. The van der Waals surface area contributed by atoms with Crippen molar-refractivity contribution in [3.63, 3.8) is 0 Å². The fraction of sp³-hybridized carbons (Fsp3) is 0.429. The Bertz CT molecular complexity index is 613. The van der Waals surface area contributed by atoms with Gasteiger partial charge in [-0.1, -0.05) is 18.5 Å². The zero-order valence-electron chi connectivity index (χ0n) is 12.1. The maximum atomic E-state index is 13.3. The average Bonchev–Trinajstić information content (AvgIpc) is 2.80. The lowest BCUT2D eigenvalue weighted by Crippen LogP contribution is -2.30. The molecule has 0 aromatic carbocycles. The van der Waals surface area contributed by atoms with E-state index in [4.69, 9.17) is 17.4 Å². The fourth-order valence-electron chi connectivity index (χ4n) is 2.30. The number of pyridine rings is 1. The molecule has 114 valence electrons. The Morgan fingerprint density at radius 3 is 2.76 bits per heavy atom. The molecule has 0 saturated heterocycles. The van der Waals surface area contributed by atoms with Crippen LogP contribution in [0.5, 0.6) is 0 Å². The number of hydrogen-bond acceptors (Lipinski definition) is 4. The molecule has 0 aliphatic carbocycles. The first-order chi connectivity index (χ1) is 10.1. The Morgan fingerprint density at radius 2 is 2.19 bits per heavy atom. The van der Waals surface area contributed by atoms with E-state index in [0.29, 0.717) is 23.6 Å². The van der Waals surface area contributed by atoms with Crippen molar-refractivity contribution in [2.24, 2.45) is 5.84 Å². The quantitative estimate of drug-likeness (QED) is 0.635. The highest BCUT2D eigenvalue weighted by molar-refractivity contribution is 6.31. The molecule has 0 saturated carbocycles. The second-order valence-corrected chi connectivity index (χ2v) is 5.11. The standard InChI is InChI=1S/C14H19ClFN5/c1-3-11-14(15)13(21(4-2)20-11)6-12(19-17)9-5-10(16)8-18-7-9/h5,7-8,12,19H,3-4,6,17H2,1-2H3. The fourth-order valence-corrected chi connectivity index (χ4v) is 2.64. The molecule has 2 rings (SSSR count). The van der Waals surface area contributed by atoms with Crippen LogP contribution in [0, 0.1) is 5.82 Å². The van der Waals surface area contributed by atoms with Crippen LogP contribution in [-0.4, -0.2) is 14.8 Å². The van der Waals surface area contributed by atoms with Crippen molar-refractivity contribution < 1.29 is 4.39 Å². The molecule has 0 radical (unpaired) electrons. The Balaban J connectivity index is 2.32. The van der Waals surface area contributed by atoms with Gasteiger partial charge in [-0.05, 0) is 25.0 Å². The molecule has 5 nitrogen and oxygen atoms in total. The lowest BCUT2D eigenvalue weighted by Gasteiger charge is -2.17. The molecule has 0 spiro atoms. The summed E-state index contributed by atoms with van der Waals surface area (Å²) in [5.41, 5.74) is 5.12. The summed E-state index contributed by atoms with van der Waals surface area (Å²) in [5.74, 6) is 5.22. The van der Waals surface area contributed by atoms with E-state index in [0.717, 1.165) is 24.0 Å². The smallest absolute Gasteiger partial charge is 0.141 e. The first-order valence-corrected chi connectivity index (χ1v) is 7.29. The van der Waals surface area contributed by atoms with Crippen LogP contribution in [-0.2, 0) is 19.4 Å². The second-order valence-electron chi connectivity index (χ2n) is 4.74. The maximum absolute atomic E-state index is 13.3. The topological polar surface area (TPSA) is 68.8 Å². The number of hydrogen-bond donors (Lipinski definition) is 2. The van der Waals surface area contributed by atoms with Gasteiger partial charge in [0.25, 0.3) is 0 Å². The van der Waals surface area contributed by atoms with Crippen molar-refractivity contribution in [3.8, 4) is 0 Å². The molecular formula is C14H19ClFN5. The predicted octanol–water partition coefficient (Wildman–Crippen LogP) is 2.40. The number of aryl methyl sites for hydroxylation is 2. The summed E-state index contributed by atoms with van der Waals surface area (Å²) in [6.45, 7) is 4.72. The van der Waals surface area contributed by atoms with Gasteiger partial charge in [0, 0.05) is 19.2 Å². The summed E-state index contributed by atoms with van der Waals surface area (Å²) in [6, 6.07) is 1.14. The third kappa shape index (κ3) is 3.40. The summed E-state index contributed by atoms with van der Waals surface area (Å²) >= 11 is 6.39. The first-order valence-electron chi connectivity index (χ1n) is 6.91. The SMILES string of the molecule is CCc1nn(CC)c(CC(NN)c2cncc(F)c2)c1Cl. The Labute approximate surface area is 128 Å². The lowest BCUT2D eigenvalue weighted by molar-refractivity contribution is 0.511. The van der Waals surface area contributed by atoms with Crippen LogP contribution in [0.4, 0.5) is 4.39 Å². The molecule has 0 fully saturated rings. The van der Waals surface area contributed by atoms with Gasteiger partial charge in [0.1, 0.15) is 5.82 Å². The number of nitrogens with zero attached hydrogens (tertiary/aromatic N) is 3. The number of nitrogens with two attached hydrogens (primary N) is 1. The number of halogens is 2. The molecule has 7 heteroatoms. The van der Waals surface area contributed by atoms with Crippen molar-refractivity contribution >= 4 is 11.6 Å². The van der Waals surface area contributed by atoms with Crippen LogP contribution < -0.4 is 11.3 Å². The van der Waals surface area contributed by atoms with Gasteiger partial charge in [-0.15, -0.1) is 0 Å². The van der Waals surface area contributed by atoms with Crippen LogP contribution in [0.1, 0.15) is 36.8 Å². The number of nitrogens with one attached hydrogen (secondary N) is 1. The van der Waals surface area contributed by atoms with Crippen molar-refractivity contribution in [2.45, 2.75) is 39.3 Å². The molecule has 2 aromatic heterocycles.